The molecule has 0 spiro atoms. The predicted octanol–water partition coefficient (Wildman–Crippen LogP) is 4.71. The number of aryl methyl sites for hydroxylation is 1. The van der Waals surface area contributed by atoms with Crippen LogP contribution in [0.1, 0.15) is 42.6 Å². The first-order valence-corrected chi connectivity index (χ1v) is 13.3. The van der Waals surface area contributed by atoms with Crippen molar-refractivity contribution in [1.29, 1.82) is 0 Å². The third-order valence-corrected chi connectivity index (χ3v) is 6.62. The highest BCUT2D eigenvalue weighted by atomic mass is 32.1. The van der Waals surface area contributed by atoms with Gasteiger partial charge in [0.25, 0.3) is 5.91 Å². The first-order valence-electron chi connectivity index (χ1n) is 12.4. The average Bonchev–Trinajstić information content (AvgIpc) is 3.21. The van der Waals surface area contributed by atoms with Crippen LogP contribution < -0.4 is 14.9 Å². The van der Waals surface area contributed by atoms with Crippen molar-refractivity contribution >= 4 is 33.6 Å². The number of carbonyl (C=O) groups excluding carboxylic acids is 2. The van der Waals surface area contributed by atoms with Crippen molar-refractivity contribution in [2.45, 2.75) is 45.5 Å². The fourth-order valence-corrected chi connectivity index (χ4v) is 4.55. The number of rotatable bonds is 11. The molecule has 9 nitrogen and oxygen atoms in total. The van der Waals surface area contributed by atoms with Gasteiger partial charge in [0.05, 0.1) is 27.5 Å². The van der Waals surface area contributed by atoms with Crippen molar-refractivity contribution in [3.63, 3.8) is 0 Å². The summed E-state index contributed by atoms with van der Waals surface area (Å²) in [5.74, 6) is -0.973. The summed E-state index contributed by atoms with van der Waals surface area (Å²) in [5, 5.41) is 2.60. The minimum Gasteiger partial charge on any atom is -0.489 e. The number of halogens is 3. The van der Waals surface area contributed by atoms with Gasteiger partial charge in [0.2, 0.25) is 0 Å². The number of carbonyl (C=O) groups is 2. The number of thiazole rings is 1. The van der Waals surface area contributed by atoms with Crippen molar-refractivity contribution in [3.05, 3.63) is 52.6 Å². The van der Waals surface area contributed by atoms with E-state index in [1.54, 1.807) is 25.4 Å². The molecule has 0 unspecified atom stereocenters. The number of hydrogen-bond acceptors (Lipinski definition) is 7. The smallest absolute Gasteiger partial charge is 0.416 e. The van der Waals surface area contributed by atoms with Crippen molar-refractivity contribution in [3.8, 4) is 5.75 Å². The molecule has 2 amide bonds. The van der Waals surface area contributed by atoms with Gasteiger partial charge in [-0.1, -0.05) is 24.7 Å². The molecule has 2 aromatic heterocycles. The number of fused-ring (bicyclic) bond motifs is 1. The van der Waals surface area contributed by atoms with E-state index in [-0.39, 0.29) is 17.9 Å². The number of ether oxygens (including phenoxy) is 2. The summed E-state index contributed by atoms with van der Waals surface area (Å²) in [7, 11) is 3.72. The number of alkyl halides is 3. The quantitative estimate of drug-likeness (QED) is 0.360. The van der Waals surface area contributed by atoms with Gasteiger partial charge in [0.15, 0.2) is 4.80 Å². The molecule has 0 radical (unpaired) electrons. The van der Waals surface area contributed by atoms with Gasteiger partial charge in [-0.3, -0.25) is 9.78 Å². The second kappa shape index (κ2) is 13.6. The van der Waals surface area contributed by atoms with Crippen LogP contribution in [0.5, 0.6) is 5.75 Å². The second-order valence-corrected chi connectivity index (χ2v) is 10.1. The number of nitrogens with one attached hydrogen (secondary N) is 1. The normalized spacial score (nSPS) is 13.1. The zero-order valence-corrected chi connectivity index (χ0v) is 23.1. The van der Waals surface area contributed by atoms with Crippen LogP contribution in [0.2, 0.25) is 0 Å². The summed E-state index contributed by atoms with van der Waals surface area (Å²) in [6.07, 6.45) is -1.04. The van der Waals surface area contributed by atoms with E-state index in [1.807, 2.05) is 30.5 Å². The average molecular weight is 568 g/mol. The molecule has 0 aliphatic heterocycles. The largest absolute Gasteiger partial charge is 0.489 e. The summed E-state index contributed by atoms with van der Waals surface area (Å²) >= 11 is 1.25. The molecule has 0 saturated heterocycles. The highest BCUT2D eigenvalue weighted by Gasteiger charge is 2.32. The van der Waals surface area contributed by atoms with Crippen LogP contribution in [-0.4, -0.2) is 66.3 Å². The van der Waals surface area contributed by atoms with Gasteiger partial charge in [0.1, 0.15) is 18.5 Å². The number of benzene rings is 1. The van der Waals surface area contributed by atoms with Crippen LogP contribution in [0.3, 0.4) is 0 Å². The number of likely N-dealkylation sites (N-methyl/N-ethyl adjacent to an activating group) is 1. The van der Waals surface area contributed by atoms with Gasteiger partial charge in [-0.15, -0.1) is 0 Å². The Labute approximate surface area is 228 Å². The van der Waals surface area contributed by atoms with Crippen molar-refractivity contribution in [1.82, 2.24) is 19.8 Å². The Kier molecular flexibility index (Phi) is 10.5. The second-order valence-electron chi connectivity index (χ2n) is 9.12. The molecule has 0 fully saturated rings. The first-order chi connectivity index (χ1) is 18.5. The molecule has 1 N–H and O–H groups in total. The van der Waals surface area contributed by atoms with E-state index in [4.69, 9.17) is 9.47 Å². The summed E-state index contributed by atoms with van der Waals surface area (Å²) in [4.78, 5) is 35.8. The Bertz CT molecular complexity index is 1350. The van der Waals surface area contributed by atoms with Gasteiger partial charge < -0.3 is 24.3 Å². The lowest BCUT2D eigenvalue weighted by Crippen LogP contribution is -2.34. The SMILES string of the molecule is CCCCn1/c(=N/C(=O)c2cc(C(F)(F)F)ccc2OC[C@H](C)OC(=O)NCCN(C)C)sc2ccncc21. The first kappa shape index (κ1) is 30.1. The van der Waals surface area contributed by atoms with Gasteiger partial charge in [0, 0.05) is 25.8 Å². The molecular weight excluding hydrogens is 535 g/mol. The van der Waals surface area contributed by atoms with Crippen molar-refractivity contribution in [2.75, 3.05) is 33.8 Å². The monoisotopic (exact) mass is 567 g/mol. The molecule has 0 aliphatic rings. The van der Waals surface area contributed by atoms with Crippen LogP contribution >= 0.6 is 11.3 Å². The molecule has 2 heterocycles. The number of nitrogens with zero attached hydrogens (tertiary/aromatic N) is 4. The van der Waals surface area contributed by atoms with Gasteiger partial charge in [-0.2, -0.15) is 18.2 Å². The minimum absolute atomic E-state index is 0.0944. The molecule has 212 valence electrons. The van der Waals surface area contributed by atoms with Crippen LogP contribution in [-0.2, 0) is 17.5 Å². The zero-order valence-electron chi connectivity index (χ0n) is 22.2. The molecule has 0 bridgehead atoms. The van der Waals surface area contributed by atoms with Gasteiger partial charge in [-0.25, -0.2) is 4.79 Å². The Hall–Kier alpha value is -3.45. The molecule has 0 aliphatic carbocycles. The lowest BCUT2D eigenvalue weighted by molar-refractivity contribution is -0.137. The Morgan fingerprint density at radius 1 is 1.26 bits per heavy atom. The van der Waals surface area contributed by atoms with Crippen LogP contribution in [0.4, 0.5) is 18.0 Å². The Balaban J connectivity index is 1.87. The van der Waals surface area contributed by atoms with E-state index in [2.05, 4.69) is 15.3 Å². The third kappa shape index (κ3) is 8.52. The fraction of sp³-hybridized carbons (Fsp3) is 0.462. The van der Waals surface area contributed by atoms with E-state index in [9.17, 15) is 22.8 Å². The standard InChI is InChI=1S/C26H32F3N5O4S/c1-5-6-12-34-20-15-30-10-9-22(20)39-24(34)32-23(35)19-14-18(26(27,28)29)7-8-21(19)37-16-17(2)38-25(36)31-11-13-33(3)4/h7-10,14-15,17H,5-6,11-13,16H2,1-4H3,(H,31,36)/b32-24-/t17-/m0/s1. The van der Waals surface area contributed by atoms with Gasteiger partial charge >= 0.3 is 12.3 Å². The molecule has 0 saturated carbocycles. The molecule has 3 rings (SSSR count). The Morgan fingerprint density at radius 2 is 2.03 bits per heavy atom. The molecule has 1 atom stereocenters. The van der Waals surface area contributed by atoms with Gasteiger partial charge in [-0.05, 0) is 51.7 Å². The van der Waals surface area contributed by atoms with E-state index < -0.39 is 29.8 Å². The lowest BCUT2D eigenvalue weighted by atomic mass is 10.1. The van der Waals surface area contributed by atoms with Crippen LogP contribution in [0, 0.1) is 0 Å². The number of pyridine rings is 1. The number of aromatic nitrogens is 2. The summed E-state index contributed by atoms with van der Waals surface area (Å²) < 4.78 is 54.0. The maximum Gasteiger partial charge on any atom is 0.416 e. The Morgan fingerprint density at radius 3 is 2.72 bits per heavy atom. The van der Waals surface area contributed by atoms with Crippen LogP contribution in [0.15, 0.2) is 41.7 Å². The molecule has 39 heavy (non-hydrogen) atoms. The van der Waals surface area contributed by atoms with E-state index in [0.717, 1.165) is 41.3 Å². The maximum absolute atomic E-state index is 13.5. The van der Waals surface area contributed by atoms with E-state index >= 15 is 0 Å². The maximum atomic E-state index is 13.5. The minimum atomic E-state index is -4.67. The molecular formula is C26H32F3N5O4S. The van der Waals surface area contributed by atoms with E-state index in [0.29, 0.717) is 24.4 Å². The van der Waals surface area contributed by atoms with Crippen molar-refractivity contribution < 1.29 is 32.2 Å². The van der Waals surface area contributed by atoms with Crippen molar-refractivity contribution in [2.24, 2.45) is 4.99 Å². The number of unbranched alkanes of at least 4 members (excludes halogenated alkanes) is 1. The summed E-state index contributed by atoms with van der Waals surface area (Å²) in [6, 6.07) is 4.43. The summed E-state index contributed by atoms with van der Waals surface area (Å²) in [5.41, 5.74) is -0.555. The highest BCUT2D eigenvalue weighted by Crippen LogP contribution is 2.33. The lowest BCUT2D eigenvalue weighted by Gasteiger charge is -2.17. The third-order valence-electron chi connectivity index (χ3n) is 5.56. The predicted molar refractivity (Wildman–Crippen MR) is 142 cm³/mol. The number of alkyl carbamates (subject to hydrolysis) is 1. The molecule has 1 aromatic carbocycles. The molecule has 13 heteroatoms. The zero-order chi connectivity index (χ0) is 28.6. The summed E-state index contributed by atoms with van der Waals surface area (Å²) in [6.45, 7) is 4.99. The fourth-order valence-electron chi connectivity index (χ4n) is 3.53. The number of amides is 2. The molecule has 3 aromatic rings. The van der Waals surface area contributed by atoms with E-state index in [1.165, 1.54) is 11.3 Å². The van der Waals surface area contributed by atoms with Crippen LogP contribution in [0.25, 0.3) is 10.2 Å². The topological polar surface area (TPSA) is 98.1 Å². The number of hydrogen-bond donors (Lipinski definition) is 1. The highest BCUT2D eigenvalue weighted by molar-refractivity contribution is 7.16.